The van der Waals surface area contributed by atoms with E-state index in [1.807, 2.05) is 35.2 Å². The largest absolute Gasteiger partial charge is 0.459 e. The van der Waals surface area contributed by atoms with Gasteiger partial charge in [-0.2, -0.15) is 0 Å². The minimum absolute atomic E-state index is 0.0184. The topological polar surface area (TPSA) is 62.2 Å². The van der Waals surface area contributed by atoms with Crippen molar-refractivity contribution in [3.63, 3.8) is 0 Å². The molecule has 6 heteroatoms. The molecule has 2 aliphatic rings. The number of piperazine rings is 1. The summed E-state index contributed by atoms with van der Waals surface area (Å²) in [5.74, 6) is 2.93. The molecule has 0 aromatic heterocycles. The smallest absolute Gasteiger partial charge is 0.288 e. The fourth-order valence-corrected chi connectivity index (χ4v) is 3.56. The Bertz CT molecular complexity index is 745. The van der Waals surface area contributed by atoms with Gasteiger partial charge in [0.2, 0.25) is 6.29 Å². The second-order valence-electron chi connectivity index (χ2n) is 7.58. The van der Waals surface area contributed by atoms with Gasteiger partial charge in [0.05, 0.1) is 6.61 Å². The van der Waals surface area contributed by atoms with Crippen LogP contribution in [0.4, 0.5) is 0 Å². The standard InChI is InChI=1S/C23H30N2O4/c1-3-18-6-8-19(9-7-18)20-16-21(23(27)25-12-10-24(2)11-13-25)29-22(17-20)28-15-5-4-14-26/h1,6-9,16,20,22,26H,4-5,10-15,17H2,2H3/t20-,22+/m0/s1. The zero-order chi connectivity index (χ0) is 20.6. The average Bonchev–Trinajstić information content (AvgIpc) is 2.76. The van der Waals surface area contributed by atoms with Crippen LogP contribution in [-0.4, -0.2) is 73.5 Å². The van der Waals surface area contributed by atoms with Crippen molar-refractivity contribution >= 4 is 5.91 Å². The third kappa shape index (κ3) is 5.83. The van der Waals surface area contributed by atoms with E-state index in [4.69, 9.17) is 21.0 Å². The van der Waals surface area contributed by atoms with Crippen LogP contribution in [0.15, 0.2) is 36.1 Å². The lowest BCUT2D eigenvalue weighted by atomic mass is 9.92. The van der Waals surface area contributed by atoms with Crippen LogP contribution in [0.5, 0.6) is 0 Å². The van der Waals surface area contributed by atoms with Crippen LogP contribution in [0.3, 0.4) is 0 Å². The number of unbranched alkanes of at least 4 members (excludes halogenated alkanes) is 1. The Kier molecular flexibility index (Phi) is 7.70. The van der Waals surface area contributed by atoms with E-state index in [1.165, 1.54) is 0 Å². The summed E-state index contributed by atoms with van der Waals surface area (Å²) in [4.78, 5) is 17.1. The molecule has 1 amide bonds. The Labute approximate surface area is 173 Å². The Morgan fingerprint density at radius 2 is 1.97 bits per heavy atom. The van der Waals surface area contributed by atoms with Gasteiger partial charge >= 0.3 is 0 Å². The first-order valence-corrected chi connectivity index (χ1v) is 10.3. The Balaban J connectivity index is 1.74. The number of allylic oxidation sites excluding steroid dienone is 1. The maximum absolute atomic E-state index is 13.1. The molecule has 6 nitrogen and oxygen atoms in total. The first-order valence-electron chi connectivity index (χ1n) is 10.3. The summed E-state index contributed by atoms with van der Waals surface area (Å²) < 4.78 is 11.8. The van der Waals surface area contributed by atoms with Gasteiger partial charge in [-0.05, 0) is 43.7 Å². The highest BCUT2D eigenvalue weighted by molar-refractivity contribution is 5.91. The summed E-state index contributed by atoms with van der Waals surface area (Å²) in [5.41, 5.74) is 1.91. The summed E-state index contributed by atoms with van der Waals surface area (Å²) in [6, 6.07) is 7.83. The second kappa shape index (κ2) is 10.4. The molecular formula is C23H30N2O4. The molecule has 0 aliphatic carbocycles. The lowest BCUT2D eigenvalue weighted by molar-refractivity contribution is -0.153. The van der Waals surface area contributed by atoms with Crippen molar-refractivity contribution in [2.75, 3.05) is 46.4 Å². The summed E-state index contributed by atoms with van der Waals surface area (Å²) in [6.07, 6.45) is 8.97. The second-order valence-corrected chi connectivity index (χ2v) is 7.58. The zero-order valence-corrected chi connectivity index (χ0v) is 17.0. The number of rotatable bonds is 7. The molecule has 1 saturated heterocycles. The molecule has 2 atom stereocenters. The molecule has 1 aromatic rings. The van der Waals surface area contributed by atoms with Crippen molar-refractivity contribution in [3.05, 3.63) is 47.2 Å². The van der Waals surface area contributed by atoms with E-state index >= 15 is 0 Å². The molecule has 0 saturated carbocycles. The molecule has 1 fully saturated rings. The number of nitrogens with zero attached hydrogens (tertiary/aromatic N) is 2. The van der Waals surface area contributed by atoms with Gasteiger partial charge in [-0.1, -0.05) is 18.1 Å². The SMILES string of the molecule is C#Cc1ccc([C@H]2C=C(C(=O)N3CCN(C)CC3)O[C@@H](OCCCCO)C2)cc1. The van der Waals surface area contributed by atoms with Crippen LogP contribution < -0.4 is 0 Å². The molecule has 0 bridgehead atoms. The van der Waals surface area contributed by atoms with Crippen LogP contribution in [-0.2, 0) is 14.3 Å². The highest BCUT2D eigenvalue weighted by Crippen LogP contribution is 2.32. The monoisotopic (exact) mass is 398 g/mol. The van der Waals surface area contributed by atoms with Gasteiger partial charge in [-0.3, -0.25) is 4.79 Å². The predicted octanol–water partition coefficient (Wildman–Crippen LogP) is 1.94. The van der Waals surface area contributed by atoms with Gasteiger partial charge < -0.3 is 24.4 Å². The van der Waals surface area contributed by atoms with E-state index in [2.05, 4.69) is 17.9 Å². The highest BCUT2D eigenvalue weighted by Gasteiger charge is 2.31. The van der Waals surface area contributed by atoms with E-state index in [9.17, 15) is 4.79 Å². The molecule has 0 unspecified atom stereocenters. The van der Waals surface area contributed by atoms with E-state index in [-0.39, 0.29) is 18.4 Å². The van der Waals surface area contributed by atoms with Crippen LogP contribution in [0.1, 0.15) is 36.3 Å². The molecule has 1 aromatic carbocycles. The van der Waals surface area contributed by atoms with Gasteiger partial charge in [0.25, 0.3) is 5.91 Å². The molecule has 0 radical (unpaired) electrons. The van der Waals surface area contributed by atoms with Gasteiger partial charge in [0.15, 0.2) is 5.76 Å². The fraction of sp³-hybridized carbons (Fsp3) is 0.522. The van der Waals surface area contributed by atoms with E-state index < -0.39 is 6.29 Å². The van der Waals surface area contributed by atoms with Crippen molar-refractivity contribution in [1.82, 2.24) is 9.80 Å². The fourth-order valence-electron chi connectivity index (χ4n) is 3.56. The van der Waals surface area contributed by atoms with E-state index in [0.717, 1.165) is 30.6 Å². The number of hydrogen-bond acceptors (Lipinski definition) is 5. The normalized spacial score (nSPS) is 22.5. The maximum atomic E-state index is 13.1. The van der Waals surface area contributed by atoms with Gasteiger partial charge in [0.1, 0.15) is 0 Å². The lowest BCUT2D eigenvalue weighted by Gasteiger charge is -2.35. The van der Waals surface area contributed by atoms with Crippen LogP contribution in [0.25, 0.3) is 0 Å². The van der Waals surface area contributed by atoms with Gasteiger partial charge in [-0.15, -0.1) is 6.42 Å². The maximum Gasteiger partial charge on any atom is 0.288 e. The number of carbonyl (C=O) groups excluding carboxylic acids is 1. The predicted molar refractivity (Wildman–Crippen MR) is 111 cm³/mol. The van der Waals surface area contributed by atoms with E-state index in [1.54, 1.807) is 0 Å². The van der Waals surface area contributed by atoms with Gasteiger partial charge in [-0.25, -0.2) is 0 Å². The van der Waals surface area contributed by atoms with Crippen molar-refractivity contribution < 1.29 is 19.4 Å². The molecule has 1 N–H and O–H groups in total. The number of benzene rings is 1. The third-order valence-corrected chi connectivity index (χ3v) is 5.42. The molecule has 2 aliphatic heterocycles. The van der Waals surface area contributed by atoms with Crippen LogP contribution in [0, 0.1) is 12.3 Å². The van der Waals surface area contributed by atoms with E-state index in [0.29, 0.717) is 38.3 Å². The minimum Gasteiger partial charge on any atom is -0.459 e. The molecule has 3 rings (SSSR count). The number of amides is 1. The quantitative estimate of drug-likeness (QED) is 0.562. The molecule has 2 heterocycles. The number of carbonyl (C=O) groups is 1. The number of ether oxygens (including phenoxy) is 2. The summed E-state index contributed by atoms with van der Waals surface area (Å²) in [5, 5.41) is 8.95. The summed E-state index contributed by atoms with van der Waals surface area (Å²) >= 11 is 0. The number of aliphatic hydroxyl groups is 1. The third-order valence-electron chi connectivity index (χ3n) is 5.42. The van der Waals surface area contributed by atoms with Crippen molar-refractivity contribution in [3.8, 4) is 12.3 Å². The van der Waals surface area contributed by atoms with Crippen LogP contribution in [0.2, 0.25) is 0 Å². The number of aliphatic hydroxyl groups excluding tert-OH is 1. The van der Waals surface area contributed by atoms with Crippen LogP contribution >= 0.6 is 0 Å². The summed E-state index contributed by atoms with van der Waals surface area (Å²) in [6.45, 7) is 3.74. The molecule has 0 spiro atoms. The number of likely N-dealkylation sites (N-methyl/N-ethyl adjacent to an activating group) is 1. The highest BCUT2D eigenvalue weighted by atomic mass is 16.7. The Morgan fingerprint density at radius 1 is 1.24 bits per heavy atom. The first kappa shape index (κ1) is 21.4. The van der Waals surface area contributed by atoms with Crippen molar-refractivity contribution in [2.45, 2.75) is 31.5 Å². The summed E-state index contributed by atoms with van der Waals surface area (Å²) in [7, 11) is 2.06. The van der Waals surface area contributed by atoms with Crippen molar-refractivity contribution in [1.29, 1.82) is 0 Å². The van der Waals surface area contributed by atoms with Gasteiger partial charge in [0, 0.05) is 50.7 Å². The minimum atomic E-state index is -0.484. The molecule has 29 heavy (non-hydrogen) atoms. The Hall–Kier alpha value is -2.33. The first-order chi connectivity index (χ1) is 14.1. The molecule has 156 valence electrons. The average molecular weight is 399 g/mol. The number of terminal acetylenes is 1. The lowest BCUT2D eigenvalue weighted by Crippen LogP contribution is -2.48. The number of hydrogen-bond donors (Lipinski definition) is 1. The molecular weight excluding hydrogens is 368 g/mol. The Morgan fingerprint density at radius 3 is 2.62 bits per heavy atom. The van der Waals surface area contributed by atoms with Crippen molar-refractivity contribution in [2.24, 2.45) is 0 Å². The zero-order valence-electron chi connectivity index (χ0n) is 17.0.